The first-order valence-corrected chi connectivity index (χ1v) is 29.0. The van der Waals surface area contributed by atoms with Crippen molar-refractivity contribution in [2.45, 2.75) is 275 Å². The number of carbonyl (C=O) groups excluding carboxylic acids is 1. The standard InChI is InChI=1S/C62H107NO8/c1-3-5-7-9-11-13-15-17-19-21-22-23-24-25-26-27-28-29-30-31-32-33-34-36-38-40-42-44-46-48-50-52-58(66)63-55(54-70-62-61(69)60(68)59(67)57(53-64)71-62)56(65)51-49-47-45-43-41-39-37-35-20-18-16-14-12-10-8-6-4-2/h5,7,11,13,17,19,22-23,25-26,28-29,31-32,49,51,55-57,59-62,64-65,67-69H,3-4,6,8-10,12,14-16,18,20-21,24,27,30,33-48,50,52-54H2,1-2H3,(H,63,66)/b7-5-,13-11-,19-17-,23-22-,26-25-,29-28-,32-31-,51-49+. The number of aliphatic hydroxyl groups excluding tert-OH is 5. The highest BCUT2D eigenvalue weighted by molar-refractivity contribution is 5.76. The zero-order valence-electron chi connectivity index (χ0n) is 45.2. The Morgan fingerprint density at radius 3 is 1.30 bits per heavy atom. The minimum absolute atomic E-state index is 0.186. The Labute approximate surface area is 434 Å². The second kappa shape index (κ2) is 50.6. The molecule has 0 saturated carbocycles. The lowest BCUT2D eigenvalue weighted by Gasteiger charge is -2.40. The Bertz CT molecular complexity index is 1430. The third-order valence-corrected chi connectivity index (χ3v) is 13.2. The van der Waals surface area contributed by atoms with Crippen molar-refractivity contribution in [2.75, 3.05) is 13.2 Å². The van der Waals surface area contributed by atoms with E-state index in [1.807, 2.05) is 6.08 Å². The van der Waals surface area contributed by atoms with Gasteiger partial charge >= 0.3 is 0 Å². The molecule has 9 nitrogen and oxygen atoms in total. The largest absolute Gasteiger partial charge is 0.394 e. The van der Waals surface area contributed by atoms with Crippen LogP contribution in [0.4, 0.5) is 0 Å². The maximum Gasteiger partial charge on any atom is 0.220 e. The monoisotopic (exact) mass is 994 g/mol. The van der Waals surface area contributed by atoms with E-state index in [9.17, 15) is 30.3 Å². The molecule has 0 aromatic heterocycles. The minimum atomic E-state index is -1.57. The van der Waals surface area contributed by atoms with Crippen LogP contribution in [0.5, 0.6) is 0 Å². The van der Waals surface area contributed by atoms with Crippen molar-refractivity contribution in [1.82, 2.24) is 5.32 Å². The number of nitrogens with one attached hydrogen (secondary N) is 1. The quantitative estimate of drug-likeness (QED) is 0.0261. The molecule has 1 aliphatic rings. The van der Waals surface area contributed by atoms with Gasteiger partial charge in [-0.05, 0) is 77.0 Å². The summed E-state index contributed by atoms with van der Waals surface area (Å²) in [5.41, 5.74) is 0. The van der Waals surface area contributed by atoms with Crippen LogP contribution in [-0.2, 0) is 14.3 Å². The molecule has 0 aromatic carbocycles. The predicted molar refractivity (Wildman–Crippen MR) is 299 cm³/mol. The summed E-state index contributed by atoms with van der Waals surface area (Å²) in [5, 5.41) is 54.5. The van der Waals surface area contributed by atoms with Gasteiger partial charge in [-0.25, -0.2) is 0 Å². The van der Waals surface area contributed by atoms with E-state index in [-0.39, 0.29) is 12.5 Å². The molecule has 1 rings (SSSR count). The van der Waals surface area contributed by atoms with Gasteiger partial charge in [0.15, 0.2) is 6.29 Å². The van der Waals surface area contributed by atoms with Gasteiger partial charge in [0.05, 0.1) is 25.4 Å². The van der Waals surface area contributed by atoms with Crippen molar-refractivity contribution >= 4 is 5.91 Å². The van der Waals surface area contributed by atoms with E-state index in [2.05, 4.69) is 104 Å². The van der Waals surface area contributed by atoms with Crippen LogP contribution in [0.2, 0.25) is 0 Å². The highest BCUT2D eigenvalue weighted by Crippen LogP contribution is 2.23. The first-order chi connectivity index (χ1) is 34.8. The molecular weight excluding hydrogens is 887 g/mol. The molecule has 0 radical (unpaired) electrons. The number of rotatable bonds is 48. The second-order valence-electron chi connectivity index (χ2n) is 19.7. The van der Waals surface area contributed by atoms with Crippen molar-refractivity contribution in [2.24, 2.45) is 0 Å². The van der Waals surface area contributed by atoms with E-state index in [4.69, 9.17) is 9.47 Å². The molecule has 6 N–H and O–H groups in total. The second-order valence-corrected chi connectivity index (χ2v) is 19.7. The van der Waals surface area contributed by atoms with Crippen LogP contribution in [0, 0.1) is 0 Å². The Morgan fingerprint density at radius 2 is 0.873 bits per heavy atom. The summed E-state index contributed by atoms with van der Waals surface area (Å²) in [5.74, 6) is -0.186. The molecule has 0 spiro atoms. The molecule has 1 fully saturated rings. The van der Waals surface area contributed by atoms with Gasteiger partial charge in [0.1, 0.15) is 24.4 Å². The lowest BCUT2D eigenvalue weighted by molar-refractivity contribution is -0.302. The smallest absolute Gasteiger partial charge is 0.220 e. The highest BCUT2D eigenvalue weighted by atomic mass is 16.7. The molecule has 7 atom stereocenters. The van der Waals surface area contributed by atoms with Crippen LogP contribution in [0.3, 0.4) is 0 Å². The maximum absolute atomic E-state index is 13.1. The molecule has 1 heterocycles. The van der Waals surface area contributed by atoms with Crippen molar-refractivity contribution in [1.29, 1.82) is 0 Å². The van der Waals surface area contributed by atoms with Gasteiger partial charge < -0.3 is 40.3 Å². The lowest BCUT2D eigenvalue weighted by atomic mass is 9.99. The zero-order chi connectivity index (χ0) is 51.5. The molecule has 9 heteroatoms. The van der Waals surface area contributed by atoms with Gasteiger partial charge in [-0.1, -0.05) is 246 Å². The third-order valence-electron chi connectivity index (χ3n) is 13.2. The van der Waals surface area contributed by atoms with E-state index in [0.717, 1.165) is 96.3 Å². The number of aliphatic hydroxyl groups is 5. The fourth-order valence-electron chi connectivity index (χ4n) is 8.61. The number of unbranched alkanes of at least 4 members (excludes halogenated alkanes) is 24. The van der Waals surface area contributed by atoms with E-state index in [1.165, 1.54) is 116 Å². The molecule has 0 bridgehead atoms. The molecule has 1 amide bonds. The molecule has 71 heavy (non-hydrogen) atoms. The van der Waals surface area contributed by atoms with Gasteiger partial charge in [-0.2, -0.15) is 0 Å². The maximum atomic E-state index is 13.1. The fraction of sp³-hybridized carbons (Fsp3) is 0.726. The Hall–Kier alpha value is -2.89. The van der Waals surface area contributed by atoms with Gasteiger partial charge in [-0.3, -0.25) is 4.79 Å². The Kier molecular flexibility index (Phi) is 47.2. The van der Waals surface area contributed by atoms with Crippen LogP contribution >= 0.6 is 0 Å². The highest BCUT2D eigenvalue weighted by Gasteiger charge is 2.44. The molecule has 0 aromatic rings. The molecule has 0 aliphatic carbocycles. The van der Waals surface area contributed by atoms with Crippen molar-refractivity contribution in [3.8, 4) is 0 Å². The van der Waals surface area contributed by atoms with Crippen LogP contribution in [-0.4, -0.2) is 87.5 Å². The molecule has 1 aliphatic heterocycles. The zero-order valence-corrected chi connectivity index (χ0v) is 45.2. The van der Waals surface area contributed by atoms with Crippen LogP contribution in [0.1, 0.15) is 232 Å². The van der Waals surface area contributed by atoms with Crippen molar-refractivity contribution in [3.63, 3.8) is 0 Å². The van der Waals surface area contributed by atoms with Gasteiger partial charge in [0.25, 0.3) is 0 Å². The lowest BCUT2D eigenvalue weighted by Crippen LogP contribution is -2.60. The van der Waals surface area contributed by atoms with Crippen LogP contribution < -0.4 is 5.32 Å². The summed E-state index contributed by atoms with van der Waals surface area (Å²) in [6.07, 6.45) is 66.0. The number of amides is 1. The van der Waals surface area contributed by atoms with E-state index >= 15 is 0 Å². The number of ether oxygens (including phenoxy) is 2. The predicted octanol–water partition coefficient (Wildman–Crippen LogP) is 14.4. The number of hydrogen-bond donors (Lipinski definition) is 6. The van der Waals surface area contributed by atoms with Gasteiger partial charge in [0, 0.05) is 6.42 Å². The van der Waals surface area contributed by atoms with E-state index in [1.54, 1.807) is 6.08 Å². The number of hydrogen-bond acceptors (Lipinski definition) is 8. The summed E-state index contributed by atoms with van der Waals surface area (Å²) in [4.78, 5) is 13.1. The molecule has 1 saturated heterocycles. The first-order valence-electron chi connectivity index (χ1n) is 29.0. The van der Waals surface area contributed by atoms with Gasteiger partial charge in [-0.15, -0.1) is 0 Å². The van der Waals surface area contributed by atoms with Crippen molar-refractivity contribution < 1.29 is 39.8 Å². The summed E-state index contributed by atoms with van der Waals surface area (Å²) in [6.45, 7) is 3.66. The minimum Gasteiger partial charge on any atom is -0.394 e. The van der Waals surface area contributed by atoms with Crippen molar-refractivity contribution in [3.05, 3.63) is 97.2 Å². The third kappa shape index (κ3) is 40.2. The summed E-state index contributed by atoms with van der Waals surface area (Å²) in [6, 6.07) is -0.815. The summed E-state index contributed by atoms with van der Waals surface area (Å²) >= 11 is 0. The molecule has 7 unspecified atom stereocenters. The Morgan fingerprint density at radius 1 is 0.493 bits per heavy atom. The van der Waals surface area contributed by atoms with Crippen LogP contribution in [0.15, 0.2) is 97.2 Å². The number of carbonyl (C=O) groups is 1. The molecular formula is C62H107NO8. The fourth-order valence-corrected chi connectivity index (χ4v) is 8.61. The van der Waals surface area contributed by atoms with Crippen LogP contribution in [0.25, 0.3) is 0 Å². The number of allylic oxidation sites excluding steroid dienone is 15. The van der Waals surface area contributed by atoms with E-state index < -0.39 is 49.5 Å². The summed E-state index contributed by atoms with van der Waals surface area (Å²) in [7, 11) is 0. The van der Waals surface area contributed by atoms with E-state index in [0.29, 0.717) is 6.42 Å². The average Bonchev–Trinajstić information content (AvgIpc) is 3.37. The topological polar surface area (TPSA) is 149 Å². The average molecular weight is 995 g/mol. The first kappa shape index (κ1) is 66.1. The molecule has 408 valence electrons. The van der Waals surface area contributed by atoms with Gasteiger partial charge in [0.2, 0.25) is 5.91 Å². The SMILES string of the molecule is CC/C=C\C/C=C\C/C=C\C/C=C\C/C=C\C/C=C\C/C=C\CCCCCCCCCCCC(=O)NC(COC1OC(CO)C(O)C(O)C1O)C(O)/C=C/CCCCCCCCCCCCCCCCC. The Balaban J connectivity index is 2.22. The normalized spacial score (nSPS) is 20.0. The summed E-state index contributed by atoms with van der Waals surface area (Å²) < 4.78 is 11.3.